The van der Waals surface area contributed by atoms with E-state index in [-0.39, 0.29) is 89.7 Å². The summed E-state index contributed by atoms with van der Waals surface area (Å²) in [6.45, 7) is 4.82. The second-order valence-corrected chi connectivity index (χ2v) is 3.50. The number of carboxylic acid groups (broad SMARTS) is 2. The van der Waals surface area contributed by atoms with Gasteiger partial charge >= 0.3 is 92.9 Å². The Morgan fingerprint density at radius 3 is 1.87 bits per heavy atom. The summed E-state index contributed by atoms with van der Waals surface area (Å²) in [7, 11) is 0. The van der Waals surface area contributed by atoms with E-state index in [2.05, 4.69) is 0 Å². The Labute approximate surface area is 158 Å². The fraction of sp³-hybridized carbons (Fsp3) is 0.778. The first-order valence-corrected chi connectivity index (χ1v) is 4.34. The summed E-state index contributed by atoms with van der Waals surface area (Å²) >= 11 is 0. The van der Waals surface area contributed by atoms with Crippen molar-refractivity contribution in [1.29, 1.82) is 0 Å². The standard InChI is InChI=1S/C9H16O4.K.Na.2H/c1-4-5-6(2)9(3,7(10)11)8(12)13;;;;/h6H,4-5H2,1-3H3,(H,10,11)(H,12,13);;;;/q;2*+1;2*-1. The molecule has 0 aliphatic rings. The van der Waals surface area contributed by atoms with E-state index >= 15 is 0 Å². The normalized spacial score (nSPS) is 11.9. The summed E-state index contributed by atoms with van der Waals surface area (Å²) in [5, 5.41) is 17.6. The molecule has 0 aromatic heterocycles. The van der Waals surface area contributed by atoms with Gasteiger partial charge in [0.15, 0.2) is 5.41 Å². The molecule has 15 heavy (non-hydrogen) atoms. The van der Waals surface area contributed by atoms with Crippen LogP contribution in [0.3, 0.4) is 0 Å². The van der Waals surface area contributed by atoms with E-state index in [4.69, 9.17) is 10.2 Å². The van der Waals surface area contributed by atoms with Gasteiger partial charge in [-0.2, -0.15) is 0 Å². The van der Waals surface area contributed by atoms with Gasteiger partial charge in [0.1, 0.15) is 0 Å². The second kappa shape index (κ2) is 9.59. The minimum Gasteiger partial charge on any atom is -1.00 e. The van der Waals surface area contributed by atoms with Crippen molar-refractivity contribution in [3.8, 4) is 0 Å². The Bertz CT molecular complexity index is 215. The second-order valence-electron chi connectivity index (χ2n) is 3.50. The van der Waals surface area contributed by atoms with Crippen molar-refractivity contribution >= 4 is 11.9 Å². The van der Waals surface area contributed by atoms with Crippen LogP contribution in [0, 0.1) is 11.3 Å². The van der Waals surface area contributed by atoms with Crippen LogP contribution in [0.4, 0.5) is 0 Å². The van der Waals surface area contributed by atoms with Gasteiger partial charge in [0.2, 0.25) is 0 Å². The van der Waals surface area contributed by atoms with Crippen LogP contribution in [-0.4, -0.2) is 22.2 Å². The Morgan fingerprint density at radius 2 is 1.67 bits per heavy atom. The number of hydrogen-bond donors (Lipinski definition) is 2. The minimum absolute atomic E-state index is 0. The van der Waals surface area contributed by atoms with Crippen molar-refractivity contribution in [2.24, 2.45) is 11.3 Å². The molecule has 0 spiro atoms. The van der Waals surface area contributed by atoms with Crippen molar-refractivity contribution in [1.82, 2.24) is 0 Å². The van der Waals surface area contributed by atoms with Crippen LogP contribution in [0.1, 0.15) is 36.5 Å². The van der Waals surface area contributed by atoms with Crippen LogP contribution in [0.5, 0.6) is 0 Å². The number of carboxylic acids is 2. The van der Waals surface area contributed by atoms with E-state index in [0.29, 0.717) is 6.42 Å². The number of hydrogen-bond acceptors (Lipinski definition) is 2. The molecule has 0 radical (unpaired) electrons. The molecule has 0 heterocycles. The third-order valence-electron chi connectivity index (χ3n) is 2.60. The van der Waals surface area contributed by atoms with E-state index in [1.54, 1.807) is 6.92 Å². The zero-order chi connectivity index (χ0) is 10.6. The van der Waals surface area contributed by atoms with Crippen LogP contribution in [-0.2, 0) is 9.59 Å². The van der Waals surface area contributed by atoms with Gasteiger partial charge < -0.3 is 13.1 Å². The van der Waals surface area contributed by atoms with Gasteiger partial charge in [0, 0.05) is 0 Å². The Hall–Kier alpha value is 1.58. The quantitative estimate of drug-likeness (QED) is 0.385. The van der Waals surface area contributed by atoms with Gasteiger partial charge in [-0.05, 0) is 19.3 Å². The SMILES string of the molecule is CCCC(C)C(C)(C(=O)O)C(=O)O.[H-].[H-].[K+].[Na+]. The van der Waals surface area contributed by atoms with Gasteiger partial charge in [0.25, 0.3) is 0 Å². The molecule has 0 saturated carbocycles. The third-order valence-corrected chi connectivity index (χ3v) is 2.60. The van der Waals surface area contributed by atoms with Gasteiger partial charge in [-0.1, -0.05) is 20.3 Å². The maximum Gasteiger partial charge on any atom is 1.00 e. The maximum absolute atomic E-state index is 10.8. The Kier molecular flexibility index (Phi) is 14.0. The smallest absolute Gasteiger partial charge is 1.00 e. The first kappa shape index (κ1) is 21.8. The van der Waals surface area contributed by atoms with Gasteiger partial charge in [-0.25, -0.2) is 0 Å². The summed E-state index contributed by atoms with van der Waals surface area (Å²) in [5.74, 6) is -2.88. The van der Waals surface area contributed by atoms with Gasteiger partial charge in [-0.15, -0.1) is 0 Å². The molecule has 0 aromatic rings. The molecule has 0 fully saturated rings. The number of aliphatic carboxylic acids is 2. The molecule has 1 unspecified atom stereocenters. The summed E-state index contributed by atoms with van der Waals surface area (Å²) in [4.78, 5) is 21.6. The van der Waals surface area contributed by atoms with E-state index in [1.807, 2.05) is 6.92 Å². The average Bonchev–Trinajstić information content (AvgIpc) is 2.02. The van der Waals surface area contributed by atoms with E-state index in [0.717, 1.165) is 6.42 Å². The molecular formula is C9H18KNaO4. The number of carbonyl (C=O) groups is 2. The molecule has 0 saturated heterocycles. The monoisotopic (exact) mass is 252 g/mol. The van der Waals surface area contributed by atoms with E-state index in [1.165, 1.54) is 6.92 Å². The summed E-state index contributed by atoms with van der Waals surface area (Å²) in [6, 6.07) is 0. The van der Waals surface area contributed by atoms with Crippen LogP contribution in [0.15, 0.2) is 0 Å². The van der Waals surface area contributed by atoms with Crippen molar-refractivity contribution < 1.29 is 104 Å². The van der Waals surface area contributed by atoms with Crippen LogP contribution < -0.4 is 80.9 Å². The topological polar surface area (TPSA) is 74.6 Å². The van der Waals surface area contributed by atoms with Gasteiger partial charge in [-0.3, -0.25) is 9.59 Å². The molecule has 0 aliphatic heterocycles. The van der Waals surface area contributed by atoms with E-state index in [9.17, 15) is 9.59 Å². The summed E-state index contributed by atoms with van der Waals surface area (Å²) in [6.07, 6.45) is 1.40. The third kappa shape index (κ3) is 5.63. The Morgan fingerprint density at radius 1 is 1.33 bits per heavy atom. The Balaban J connectivity index is -0.000000120. The molecule has 2 N–H and O–H groups in total. The summed E-state index contributed by atoms with van der Waals surface area (Å²) in [5.41, 5.74) is -1.66. The maximum atomic E-state index is 10.8. The molecule has 0 rings (SSSR count). The van der Waals surface area contributed by atoms with Crippen molar-refractivity contribution in [3.05, 3.63) is 0 Å². The molecule has 0 bridgehead atoms. The van der Waals surface area contributed by atoms with Crippen LogP contribution in [0.2, 0.25) is 0 Å². The molecule has 0 aromatic carbocycles. The molecular weight excluding hydrogens is 234 g/mol. The van der Waals surface area contributed by atoms with Gasteiger partial charge in [0.05, 0.1) is 0 Å². The number of rotatable bonds is 5. The molecule has 80 valence electrons. The molecule has 0 aliphatic carbocycles. The fourth-order valence-electron chi connectivity index (χ4n) is 1.23. The van der Waals surface area contributed by atoms with E-state index < -0.39 is 17.4 Å². The van der Waals surface area contributed by atoms with Crippen molar-refractivity contribution in [2.75, 3.05) is 0 Å². The first-order valence-electron chi connectivity index (χ1n) is 4.34. The molecule has 0 amide bonds. The largest absolute Gasteiger partial charge is 1.00 e. The summed E-state index contributed by atoms with van der Waals surface area (Å²) < 4.78 is 0. The van der Waals surface area contributed by atoms with Crippen LogP contribution >= 0.6 is 0 Å². The predicted octanol–water partition coefficient (Wildman–Crippen LogP) is -4.17. The fourth-order valence-corrected chi connectivity index (χ4v) is 1.23. The molecule has 6 heteroatoms. The molecule has 1 atom stereocenters. The minimum atomic E-state index is -1.66. The zero-order valence-corrected chi connectivity index (χ0v) is 15.3. The van der Waals surface area contributed by atoms with Crippen molar-refractivity contribution in [3.63, 3.8) is 0 Å². The zero-order valence-electron chi connectivity index (χ0n) is 12.2. The first-order chi connectivity index (χ1) is 5.87. The predicted molar refractivity (Wildman–Crippen MR) is 49.7 cm³/mol. The molecule has 4 nitrogen and oxygen atoms in total. The average molecular weight is 252 g/mol. The van der Waals surface area contributed by atoms with Crippen LogP contribution in [0.25, 0.3) is 0 Å². The van der Waals surface area contributed by atoms with Crippen molar-refractivity contribution in [2.45, 2.75) is 33.6 Å².